The van der Waals surface area contributed by atoms with Crippen LogP contribution in [0.1, 0.15) is 41.0 Å². The van der Waals surface area contributed by atoms with Crippen LogP contribution >= 0.6 is 0 Å². The van der Waals surface area contributed by atoms with Crippen LogP contribution in [0.25, 0.3) is 0 Å². The van der Waals surface area contributed by atoms with E-state index < -0.39 is 29.7 Å². The number of cyclic esters (lactones) is 1. The third kappa shape index (κ3) is 5.61. The molecule has 0 radical (unpaired) electrons. The number of nitrogens with zero attached hydrogens (tertiary/aromatic N) is 1. The quantitative estimate of drug-likeness (QED) is 0.857. The van der Waals surface area contributed by atoms with Crippen molar-refractivity contribution >= 4 is 18.1 Å². The number of hydrogen-bond donors (Lipinski definition) is 1. The van der Waals surface area contributed by atoms with Crippen LogP contribution in [-0.2, 0) is 14.3 Å². The summed E-state index contributed by atoms with van der Waals surface area (Å²) in [5.74, 6) is -0.287. The van der Waals surface area contributed by atoms with Gasteiger partial charge in [-0.05, 0) is 33.1 Å². The van der Waals surface area contributed by atoms with Gasteiger partial charge in [0.2, 0.25) is 0 Å². The summed E-state index contributed by atoms with van der Waals surface area (Å²) < 4.78 is 9.90. The highest BCUT2D eigenvalue weighted by atomic mass is 16.6. The molecule has 0 aromatic carbocycles. The number of ether oxygens (including phenoxy) is 2. The summed E-state index contributed by atoms with van der Waals surface area (Å²) in [4.78, 5) is 36.7. The molecular formula is C14H24N2O5. The second-order valence-electron chi connectivity index (χ2n) is 6.43. The van der Waals surface area contributed by atoms with Crippen LogP contribution in [0.15, 0.2) is 0 Å². The lowest BCUT2D eigenvalue weighted by Gasteiger charge is -2.25. The second-order valence-corrected chi connectivity index (χ2v) is 6.43. The zero-order chi connectivity index (χ0) is 16.2. The zero-order valence-corrected chi connectivity index (χ0v) is 13.3. The summed E-state index contributed by atoms with van der Waals surface area (Å²) in [5, 5.41) is 2.54. The maximum atomic E-state index is 12.3. The molecule has 0 saturated carbocycles. The minimum absolute atomic E-state index is 0.174. The number of hydrogen-bond acceptors (Lipinski definition) is 5. The minimum atomic E-state index is -0.800. The molecule has 1 rings (SSSR count). The van der Waals surface area contributed by atoms with Gasteiger partial charge in [0.25, 0.3) is 5.91 Å². The largest absolute Gasteiger partial charge is 0.447 e. The van der Waals surface area contributed by atoms with Gasteiger partial charge in [0.05, 0.1) is 6.54 Å². The molecule has 3 amide bonds. The van der Waals surface area contributed by atoms with Crippen molar-refractivity contribution < 1.29 is 23.9 Å². The topological polar surface area (TPSA) is 84.9 Å². The van der Waals surface area contributed by atoms with Gasteiger partial charge in [-0.2, -0.15) is 0 Å². The maximum absolute atomic E-state index is 12.3. The van der Waals surface area contributed by atoms with Crippen molar-refractivity contribution in [1.82, 2.24) is 10.2 Å². The van der Waals surface area contributed by atoms with Crippen molar-refractivity contribution in [1.29, 1.82) is 0 Å². The Labute approximate surface area is 124 Å². The van der Waals surface area contributed by atoms with Gasteiger partial charge in [-0.3, -0.25) is 4.79 Å². The van der Waals surface area contributed by atoms with Gasteiger partial charge in [-0.15, -0.1) is 0 Å². The first-order valence-electron chi connectivity index (χ1n) is 7.08. The first-order valence-corrected chi connectivity index (χ1v) is 7.08. The van der Waals surface area contributed by atoms with E-state index in [4.69, 9.17) is 9.47 Å². The van der Waals surface area contributed by atoms with Crippen LogP contribution in [0.3, 0.4) is 0 Å². The summed E-state index contributed by atoms with van der Waals surface area (Å²) in [6.45, 7) is 9.48. The Morgan fingerprint density at radius 1 is 1.38 bits per heavy atom. The first-order chi connectivity index (χ1) is 9.60. The molecule has 0 aliphatic carbocycles. The molecule has 1 saturated heterocycles. The van der Waals surface area contributed by atoms with Crippen LogP contribution in [0.4, 0.5) is 9.59 Å². The number of alkyl carbamates (subject to hydrolysis) is 1. The molecule has 1 aliphatic rings. The van der Waals surface area contributed by atoms with E-state index in [1.54, 1.807) is 20.8 Å². The Morgan fingerprint density at radius 2 is 2.00 bits per heavy atom. The molecule has 1 fully saturated rings. The third-order valence-corrected chi connectivity index (χ3v) is 2.72. The van der Waals surface area contributed by atoms with Crippen LogP contribution in [-0.4, -0.2) is 47.8 Å². The van der Waals surface area contributed by atoms with Gasteiger partial charge in [0.1, 0.15) is 18.2 Å². The molecule has 7 heteroatoms. The number of amides is 3. The normalized spacial score (nSPS) is 16.7. The fourth-order valence-electron chi connectivity index (χ4n) is 1.92. The number of carbonyl (C=O) groups is 3. The van der Waals surface area contributed by atoms with Crippen LogP contribution in [0, 0.1) is 5.92 Å². The van der Waals surface area contributed by atoms with Gasteiger partial charge in [0, 0.05) is 0 Å². The first kappa shape index (κ1) is 17.3. The van der Waals surface area contributed by atoms with Gasteiger partial charge in [-0.25, -0.2) is 14.5 Å². The summed E-state index contributed by atoms with van der Waals surface area (Å²) in [7, 11) is 0. The Balaban J connectivity index is 2.73. The van der Waals surface area contributed by atoms with Crippen molar-refractivity contribution in [3.8, 4) is 0 Å². The summed E-state index contributed by atoms with van der Waals surface area (Å²) >= 11 is 0. The number of nitrogens with one attached hydrogen (secondary N) is 1. The molecule has 1 heterocycles. The lowest BCUT2D eigenvalue weighted by Crippen LogP contribution is -2.50. The molecule has 0 bridgehead atoms. The van der Waals surface area contributed by atoms with Crippen LogP contribution in [0.2, 0.25) is 0 Å². The van der Waals surface area contributed by atoms with Crippen LogP contribution in [0.5, 0.6) is 0 Å². The second kappa shape index (κ2) is 6.78. The standard InChI is InChI=1S/C14H24N2O5/c1-9(2)8-10(15-12(18)21-14(3,4)5)11(17)16-6-7-20-13(16)19/h9-10H,6-8H2,1-5H3,(H,15,18)/t10-/m0/s1. The van der Waals surface area contributed by atoms with E-state index in [1.807, 2.05) is 13.8 Å². The molecule has 0 aromatic heterocycles. The van der Waals surface area contributed by atoms with E-state index in [2.05, 4.69) is 5.32 Å². The monoisotopic (exact) mass is 300 g/mol. The van der Waals surface area contributed by atoms with E-state index in [9.17, 15) is 14.4 Å². The predicted molar refractivity (Wildman–Crippen MR) is 75.7 cm³/mol. The highest BCUT2D eigenvalue weighted by molar-refractivity contribution is 5.97. The number of imide groups is 1. The molecule has 0 unspecified atom stereocenters. The summed E-state index contributed by atoms with van der Waals surface area (Å²) in [6.07, 6.45) is -0.921. The number of carbonyl (C=O) groups excluding carboxylic acids is 3. The van der Waals surface area contributed by atoms with Crippen molar-refractivity contribution in [2.45, 2.75) is 52.7 Å². The van der Waals surface area contributed by atoms with Crippen molar-refractivity contribution in [3.63, 3.8) is 0 Å². The molecule has 0 spiro atoms. The molecule has 0 aromatic rings. The van der Waals surface area contributed by atoms with E-state index in [0.29, 0.717) is 6.42 Å². The molecule has 21 heavy (non-hydrogen) atoms. The average molecular weight is 300 g/mol. The predicted octanol–water partition coefficient (Wildman–Crippen LogP) is 1.90. The Hall–Kier alpha value is -1.79. The fourth-order valence-corrected chi connectivity index (χ4v) is 1.92. The van der Waals surface area contributed by atoms with Gasteiger partial charge < -0.3 is 14.8 Å². The van der Waals surface area contributed by atoms with Crippen molar-refractivity contribution in [2.75, 3.05) is 13.2 Å². The fraction of sp³-hybridized carbons (Fsp3) is 0.786. The lowest BCUT2D eigenvalue weighted by atomic mass is 10.0. The Bertz CT molecular complexity index is 414. The zero-order valence-electron chi connectivity index (χ0n) is 13.3. The van der Waals surface area contributed by atoms with E-state index >= 15 is 0 Å². The lowest BCUT2D eigenvalue weighted by molar-refractivity contribution is -0.130. The van der Waals surface area contributed by atoms with Crippen molar-refractivity contribution in [3.05, 3.63) is 0 Å². The molecular weight excluding hydrogens is 276 g/mol. The molecule has 1 N–H and O–H groups in total. The van der Waals surface area contributed by atoms with Gasteiger partial charge in [0.15, 0.2) is 0 Å². The Morgan fingerprint density at radius 3 is 2.43 bits per heavy atom. The van der Waals surface area contributed by atoms with Gasteiger partial charge in [-0.1, -0.05) is 13.8 Å². The van der Waals surface area contributed by atoms with Crippen molar-refractivity contribution in [2.24, 2.45) is 5.92 Å². The maximum Gasteiger partial charge on any atom is 0.416 e. The van der Waals surface area contributed by atoms with Gasteiger partial charge >= 0.3 is 12.2 Å². The smallest absolute Gasteiger partial charge is 0.416 e. The highest BCUT2D eigenvalue weighted by Gasteiger charge is 2.35. The summed E-state index contributed by atoms with van der Waals surface area (Å²) in [6, 6.07) is -0.800. The molecule has 120 valence electrons. The Kier molecular flexibility index (Phi) is 5.57. The molecule has 1 aliphatic heterocycles. The van der Waals surface area contributed by atoms with Crippen LogP contribution < -0.4 is 5.32 Å². The minimum Gasteiger partial charge on any atom is -0.447 e. The van der Waals surface area contributed by atoms with E-state index in [-0.39, 0.29) is 19.1 Å². The SMILES string of the molecule is CC(C)C[C@H](NC(=O)OC(C)(C)C)C(=O)N1CCOC1=O. The average Bonchev–Trinajstić information content (AvgIpc) is 2.70. The molecule has 7 nitrogen and oxygen atoms in total. The summed E-state index contributed by atoms with van der Waals surface area (Å²) in [5.41, 5.74) is -0.651. The third-order valence-electron chi connectivity index (χ3n) is 2.72. The molecule has 1 atom stereocenters. The van der Waals surface area contributed by atoms with E-state index in [1.165, 1.54) is 0 Å². The highest BCUT2D eigenvalue weighted by Crippen LogP contribution is 2.13. The van der Waals surface area contributed by atoms with E-state index in [0.717, 1.165) is 4.90 Å². The number of rotatable bonds is 4.